The number of halogens is 3. The van der Waals surface area contributed by atoms with Gasteiger partial charge in [0.1, 0.15) is 5.75 Å². The maximum atomic E-state index is 12.6. The highest BCUT2D eigenvalue weighted by Crippen LogP contribution is 2.27. The van der Waals surface area contributed by atoms with Crippen molar-refractivity contribution in [2.75, 3.05) is 19.4 Å². The average Bonchev–Trinajstić information content (AvgIpc) is 3.36. The summed E-state index contributed by atoms with van der Waals surface area (Å²) in [5, 5.41) is 8.25. The first-order chi connectivity index (χ1) is 20.0. The number of thiocarbonyl (C=S) groups is 1. The van der Waals surface area contributed by atoms with E-state index < -0.39 is 6.36 Å². The molecule has 0 atom stereocenters. The second kappa shape index (κ2) is 13.4. The molecular formula is C29H31F3N8OS. The number of rotatable bonds is 10. The van der Waals surface area contributed by atoms with Crippen molar-refractivity contribution in [3.63, 3.8) is 0 Å². The Balaban J connectivity index is 1.43. The van der Waals surface area contributed by atoms with E-state index in [1.54, 1.807) is 11.2 Å². The van der Waals surface area contributed by atoms with Gasteiger partial charge < -0.3 is 15.0 Å². The van der Waals surface area contributed by atoms with Crippen LogP contribution in [-0.2, 0) is 6.54 Å². The molecule has 0 aliphatic carbocycles. The molecule has 9 nitrogen and oxygen atoms in total. The summed E-state index contributed by atoms with van der Waals surface area (Å²) in [6, 6.07) is 21.0. The summed E-state index contributed by atoms with van der Waals surface area (Å²) in [5.74, 6) is 0.695. The van der Waals surface area contributed by atoms with E-state index in [0.29, 0.717) is 29.1 Å². The number of aromatic nitrogens is 3. The number of nitrogens with one attached hydrogen (secondary N) is 3. The Kier molecular flexibility index (Phi) is 9.76. The third-order valence-corrected chi connectivity index (χ3v) is 6.05. The molecule has 0 bridgehead atoms. The van der Waals surface area contributed by atoms with E-state index in [1.165, 1.54) is 34.5 Å². The van der Waals surface area contributed by atoms with Gasteiger partial charge in [0.25, 0.3) is 5.95 Å². The summed E-state index contributed by atoms with van der Waals surface area (Å²) in [4.78, 5) is 10.7. The van der Waals surface area contributed by atoms with Gasteiger partial charge in [-0.15, -0.1) is 18.3 Å². The molecule has 3 N–H and O–H groups in total. The SMILES string of the molecule is CC(C)c1ccccc1NC(=S)NNCc1ccc(-c2nc(N=CN(C)C)n(-c3ccc(OC(F)(F)F)cc3)n2)cc1. The van der Waals surface area contributed by atoms with Crippen LogP contribution in [0.3, 0.4) is 0 Å². The molecule has 0 saturated carbocycles. The fourth-order valence-electron chi connectivity index (χ4n) is 3.91. The van der Waals surface area contributed by atoms with Crippen LogP contribution >= 0.6 is 12.2 Å². The summed E-state index contributed by atoms with van der Waals surface area (Å²) in [6.45, 7) is 4.76. The minimum Gasteiger partial charge on any atom is -0.406 e. The van der Waals surface area contributed by atoms with Crippen LogP contribution in [0, 0.1) is 0 Å². The van der Waals surface area contributed by atoms with Gasteiger partial charge in [-0.05, 0) is 59.6 Å². The summed E-state index contributed by atoms with van der Waals surface area (Å²) in [6.07, 6.45) is -3.21. The van der Waals surface area contributed by atoms with Crippen LogP contribution in [0.2, 0.25) is 0 Å². The lowest BCUT2D eigenvalue weighted by atomic mass is 10.0. The summed E-state index contributed by atoms with van der Waals surface area (Å²) in [5.41, 5.74) is 10.5. The summed E-state index contributed by atoms with van der Waals surface area (Å²) in [7, 11) is 3.62. The number of hydrazine groups is 1. The van der Waals surface area contributed by atoms with E-state index in [9.17, 15) is 13.2 Å². The zero-order valence-corrected chi connectivity index (χ0v) is 24.3. The van der Waals surface area contributed by atoms with E-state index in [2.05, 4.69) is 55.9 Å². The molecule has 0 aliphatic heterocycles. The van der Waals surface area contributed by atoms with Gasteiger partial charge in [-0.3, -0.25) is 5.43 Å². The molecule has 220 valence electrons. The number of ether oxygens (including phenoxy) is 1. The lowest BCUT2D eigenvalue weighted by Crippen LogP contribution is -2.39. The van der Waals surface area contributed by atoms with Gasteiger partial charge in [-0.25, -0.2) is 10.4 Å². The smallest absolute Gasteiger partial charge is 0.406 e. The molecule has 0 aliphatic rings. The molecule has 3 aromatic carbocycles. The first-order valence-corrected chi connectivity index (χ1v) is 13.4. The van der Waals surface area contributed by atoms with Gasteiger partial charge in [-0.1, -0.05) is 56.3 Å². The van der Waals surface area contributed by atoms with Crippen LogP contribution in [0.25, 0.3) is 17.1 Å². The van der Waals surface area contributed by atoms with Crippen molar-refractivity contribution in [1.82, 2.24) is 30.5 Å². The minimum absolute atomic E-state index is 0.262. The van der Waals surface area contributed by atoms with E-state index in [-0.39, 0.29) is 11.7 Å². The Morgan fingerprint density at radius 2 is 1.74 bits per heavy atom. The topological polar surface area (TPSA) is 91.6 Å². The Hall–Kier alpha value is -4.49. The van der Waals surface area contributed by atoms with Gasteiger partial charge in [0.2, 0.25) is 0 Å². The molecule has 13 heteroatoms. The number of benzene rings is 3. The first kappa shape index (κ1) is 30.5. The third-order valence-electron chi connectivity index (χ3n) is 5.85. The highest BCUT2D eigenvalue weighted by atomic mass is 32.1. The maximum Gasteiger partial charge on any atom is 0.573 e. The average molecular weight is 597 g/mol. The van der Waals surface area contributed by atoms with E-state index in [0.717, 1.165) is 16.8 Å². The van der Waals surface area contributed by atoms with Crippen molar-refractivity contribution in [3.8, 4) is 22.8 Å². The van der Waals surface area contributed by atoms with Crippen LogP contribution in [0.1, 0.15) is 30.9 Å². The normalized spacial score (nSPS) is 11.6. The molecule has 0 amide bonds. The predicted octanol–water partition coefficient (Wildman–Crippen LogP) is 6.17. The molecule has 0 fully saturated rings. The first-order valence-electron chi connectivity index (χ1n) is 13.0. The summed E-state index contributed by atoms with van der Waals surface area (Å²) < 4.78 is 43.1. The highest BCUT2D eigenvalue weighted by molar-refractivity contribution is 7.80. The molecule has 4 aromatic rings. The number of hydrogen-bond acceptors (Lipinski definition) is 6. The molecule has 42 heavy (non-hydrogen) atoms. The summed E-state index contributed by atoms with van der Waals surface area (Å²) >= 11 is 5.43. The fraction of sp³-hybridized carbons (Fsp3) is 0.241. The van der Waals surface area contributed by atoms with E-state index in [4.69, 9.17) is 12.2 Å². The van der Waals surface area contributed by atoms with Gasteiger partial charge in [0, 0.05) is 31.9 Å². The zero-order chi connectivity index (χ0) is 30.3. The maximum absolute atomic E-state index is 12.6. The van der Waals surface area contributed by atoms with Crippen LogP contribution in [-0.4, -0.2) is 51.6 Å². The second-order valence-electron chi connectivity index (χ2n) is 9.77. The van der Waals surface area contributed by atoms with Gasteiger partial charge >= 0.3 is 6.36 Å². The van der Waals surface area contributed by atoms with Crippen molar-refractivity contribution < 1.29 is 17.9 Å². The monoisotopic (exact) mass is 596 g/mol. The number of hydrogen-bond donors (Lipinski definition) is 3. The van der Waals surface area contributed by atoms with Crippen LogP contribution in [0.5, 0.6) is 5.75 Å². The second-order valence-corrected chi connectivity index (χ2v) is 10.2. The molecule has 4 rings (SSSR count). The minimum atomic E-state index is -4.77. The molecule has 0 saturated heterocycles. The molecule has 0 unspecified atom stereocenters. The Labute approximate surface area is 247 Å². The van der Waals surface area contributed by atoms with E-state index in [1.807, 2.05) is 56.6 Å². The molecular weight excluding hydrogens is 565 g/mol. The van der Waals surface area contributed by atoms with Crippen LogP contribution in [0.15, 0.2) is 77.8 Å². The molecule has 1 heterocycles. The Morgan fingerprint density at radius 3 is 2.38 bits per heavy atom. The van der Waals surface area contributed by atoms with Crippen molar-refractivity contribution in [3.05, 3.63) is 83.9 Å². The predicted molar refractivity (Wildman–Crippen MR) is 162 cm³/mol. The van der Waals surface area contributed by atoms with Gasteiger partial charge in [-0.2, -0.15) is 9.67 Å². The number of para-hydroxylation sites is 1. The highest BCUT2D eigenvalue weighted by Gasteiger charge is 2.31. The van der Waals surface area contributed by atoms with Crippen molar-refractivity contribution >= 4 is 35.3 Å². The molecule has 0 radical (unpaired) electrons. The third kappa shape index (κ3) is 8.51. The van der Waals surface area contributed by atoms with Crippen molar-refractivity contribution in [2.45, 2.75) is 32.7 Å². The van der Waals surface area contributed by atoms with Crippen LogP contribution in [0.4, 0.5) is 24.8 Å². The lowest BCUT2D eigenvalue weighted by Gasteiger charge is -2.16. The standard InChI is InChI=1S/C29H31F3N8OS/c1-19(2)24-7-5-6-8-25(24)35-28(42)37-34-17-20-9-11-21(12-10-20)26-36-27(33-18-39(3)4)40(38-26)22-13-15-23(16-14-22)41-29(30,31)32/h5-16,18-19,34H,17H2,1-4H3,(H2,35,37,42). The largest absolute Gasteiger partial charge is 0.573 e. The van der Waals surface area contributed by atoms with Crippen LogP contribution < -0.4 is 20.9 Å². The molecule has 1 aromatic heterocycles. The quantitative estimate of drug-likeness (QED) is 0.0867. The number of anilines is 1. The molecule has 0 spiro atoms. The van der Waals surface area contributed by atoms with E-state index >= 15 is 0 Å². The van der Waals surface area contributed by atoms with Gasteiger partial charge in [0.05, 0.1) is 12.0 Å². The number of nitrogens with zero attached hydrogens (tertiary/aromatic N) is 5. The number of aliphatic imine (C=N–C) groups is 1. The van der Waals surface area contributed by atoms with Crippen molar-refractivity contribution in [2.24, 2.45) is 4.99 Å². The lowest BCUT2D eigenvalue weighted by molar-refractivity contribution is -0.274. The Bertz CT molecular complexity index is 1520. The van der Waals surface area contributed by atoms with Gasteiger partial charge in [0.15, 0.2) is 10.9 Å². The zero-order valence-electron chi connectivity index (χ0n) is 23.5. The Morgan fingerprint density at radius 1 is 1.05 bits per heavy atom. The fourth-order valence-corrected chi connectivity index (χ4v) is 4.09. The number of alkyl halides is 3. The van der Waals surface area contributed by atoms with Crippen molar-refractivity contribution in [1.29, 1.82) is 0 Å².